The van der Waals surface area contributed by atoms with Crippen LogP contribution >= 0.6 is 11.8 Å². The second-order valence-corrected chi connectivity index (χ2v) is 7.14. The molecule has 0 spiro atoms. The molecule has 150 valence electrons. The van der Waals surface area contributed by atoms with Crippen molar-refractivity contribution in [2.45, 2.75) is 19.1 Å². The van der Waals surface area contributed by atoms with Crippen molar-refractivity contribution in [2.75, 3.05) is 22.1 Å². The predicted molar refractivity (Wildman–Crippen MR) is 115 cm³/mol. The molecule has 1 aromatic heterocycles. The lowest BCUT2D eigenvalue weighted by molar-refractivity contribution is -0.113. The molecule has 0 radical (unpaired) electrons. The molecule has 0 saturated heterocycles. The summed E-state index contributed by atoms with van der Waals surface area (Å²) in [7, 11) is 0. The number of halogens is 1. The number of nitrogens with two attached hydrogens (primary N) is 1. The van der Waals surface area contributed by atoms with Crippen molar-refractivity contribution in [3.63, 3.8) is 0 Å². The van der Waals surface area contributed by atoms with Crippen LogP contribution in [0.3, 0.4) is 0 Å². The maximum absolute atomic E-state index is 13.0. The molecule has 0 bridgehead atoms. The summed E-state index contributed by atoms with van der Waals surface area (Å²) in [5.74, 6) is 0.996. The van der Waals surface area contributed by atoms with Crippen molar-refractivity contribution in [1.82, 2.24) is 15.0 Å². The number of nitrogens with zero attached hydrogens (tertiary/aromatic N) is 3. The van der Waals surface area contributed by atoms with Gasteiger partial charge < -0.3 is 16.4 Å². The maximum atomic E-state index is 13.0. The molecule has 3 aromatic rings. The molecule has 0 aliphatic carbocycles. The monoisotopic (exact) mass is 412 g/mol. The van der Waals surface area contributed by atoms with Gasteiger partial charge in [0.25, 0.3) is 0 Å². The first-order chi connectivity index (χ1) is 14.0. The highest BCUT2D eigenvalue weighted by molar-refractivity contribution is 7.99. The fourth-order valence-corrected chi connectivity index (χ4v) is 3.15. The standard InChI is InChI=1S/C20H21FN6OS/c1-2-13-3-7-15(8-4-13)23-18(28)12-29-11-17-25-19(22)27-20(26-17)24-16-9-5-14(21)6-10-16/h3-10H,2,11-12H2,1H3,(H,23,28)(H3,22,24,25,26,27). The van der Waals surface area contributed by atoms with Crippen LogP contribution in [0.15, 0.2) is 48.5 Å². The zero-order valence-electron chi connectivity index (χ0n) is 15.9. The van der Waals surface area contributed by atoms with Crippen molar-refractivity contribution in [3.8, 4) is 0 Å². The number of rotatable bonds is 8. The quantitative estimate of drug-likeness (QED) is 0.517. The molecular formula is C20H21FN6OS. The molecule has 1 amide bonds. The van der Waals surface area contributed by atoms with E-state index in [1.165, 1.54) is 29.5 Å². The molecule has 0 unspecified atom stereocenters. The largest absolute Gasteiger partial charge is 0.368 e. The summed E-state index contributed by atoms with van der Waals surface area (Å²) >= 11 is 1.37. The van der Waals surface area contributed by atoms with Gasteiger partial charge in [-0.05, 0) is 48.4 Å². The number of aromatic nitrogens is 3. The van der Waals surface area contributed by atoms with E-state index in [0.717, 1.165) is 12.1 Å². The summed E-state index contributed by atoms with van der Waals surface area (Å²) in [6, 6.07) is 13.6. The molecule has 7 nitrogen and oxygen atoms in total. The lowest BCUT2D eigenvalue weighted by atomic mass is 10.1. The van der Waals surface area contributed by atoms with Gasteiger partial charge in [-0.2, -0.15) is 15.0 Å². The van der Waals surface area contributed by atoms with Crippen molar-refractivity contribution in [1.29, 1.82) is 0 Å². The third kappa shape index (κ3) is 6.42. The first kappa shape index (κ1) is 20.5. The average molecular weight is 412 g/mol. The fraction of sp³-hybridized carbons (Fsp3) is 0.200. The molecule has 0 atom stereocenters. The molecule has 0 aliphatic heterocycles. The van der Waals surface area contributed by atoms with Gasteiger partial charge in [-0.25, -0.2) is 4.39 Å². The van der Waals surface area contributed by atoms with E-state index in [9.17, 15) is 9.18 Å². The second kappa shape index (κ2) is 9.83. The molecule has 3 rings (SSSR count). The molecule has 0 saturated carbocycles. The van der Waals surface area contributed by atoms with Crippen LogP contribution in [0.4, 0.5) is 27.7 Å². The van der Waals surface area contributed by atoms with Crippen molar-refractivity contribution in [2.24, 2.45) is 0 Å². The zero-order chi connectivity index (χ0) is 20.6. The zero-order valence-corrected chi connectivity index (χ0v) is 16.7. The van der Waals surface area contributed by atoms with Crippen LogP contribution in [0.1, 0.15) is 18.3 Å². The van der Waals surface area contributed by atoms with E-state index in [1.54, 1.807) is 12.1 Å². The number of hydrogen-bond acceptors (Lipinski definition) is 7. The van der Waals surface area contributed by atoms with Crippen LogP contribution in [0.25, 0.3) is 0 Å². The highest BCUT2D eigenvalue weighted by Crippen LogP contribution is 2.17. The summed E-state index contributed by atoms with van der Waals surface area (Å²) in [4.78, 5) is 24.5. The smallest absolute Gasteiger partial charge is 0.234 e. The van der Waals surface area contributed by atoms with E-state index in [-0.39, 0.29) is 29.4 Å². The Balaban J connectivity index is 1.52. The Morgan fingerprint density at radius 3 is 2.41 bits per heavy atom. The number of carbonyl (C=O) groups is 1. The lowest BCUT2D eigenvalue weighted by Crippen LogP contribution is -2.14. The van der Waals surface area contributed by atoms with Gasteiger partial charge in [0.1, 0.15) is 11.6 Å². The summed E-state index contributed by atoms with van der Waals surface area (Å²) in [6.45, 7) is 2.08. The molecule has 9 heteroatoms. The minimum Gasteiger partial charge on any atom is -0.368 e. The van der Waals surface area contributed by atoms with E-state index in [4.69, 9.17) is 5.73 Å². The minimum absolute atomic E-state index is 0.0701. The van der Waals surface area contributed by atoms with Gasteiger partial charge >= 0.3 is 0 Å². The first-order valence-electron chi connectivity index (χ1n) is 9.01. The van der Waals surface area contributed by atoms with Crippen LogP contribution in [-0.4, -0.2) is 26.6 Å². The highest BCUT2D eigenvalue weighted by Gasteiger charge is 2.08. The second-order valence-electron chi connectivity index (χ2n) is 6.16. The number of aryl methyl sites for hydroxylation is 1. The van der Waals surface area contributed by atoms with Crippen LogP contribution in [0.2, 0.25) is 0 Å². The van der Waals surface area contributed by atoms with Gasteiger partial charge in [-0.1, -0.05) is 19.1 Å². The lowest BCUT2D eigenvalue weighted by Gasteiger charge is -2.08. The van der Waals surface area contributed by atoms with Gasteiger partial charge in [-0.3, -0.25) is 4.79 Å². The Labute approximate surface area is 172 Å². The topological polar surface area (TPSA) is 106 Å². The third-order valence-electron chi connectivity index (χ3n) is 3.91. The van der Waals surface area contributed by atoms with Crippen molar-refractivity contribution < 1.29 is 9.18 Å². The molecule has 1 heterocycles. The maximum Gasteiger partial charge on any atom is 0.234 e. The van der Waals surface area contributed by atoms with Gasteiger partial charge in [0.2, 0.25) is 17.8 Å². The Kier molecular flexibility index (Phi) is 6.96. The number of carbonyl (C=O) groups excluding carboxylic acids is 1. The van der Waals surface area contributed by atoms with Gasteiger partial charge in [0, 0.05) is 11.4 Å². The van der Waals surface area contributed by atoms with E-state index in [0.29, 0.717) is 17.3 Å². The van der Waals surface area contributed by atoms with Gasteiger partial charge in [-0.15, -0.1) is 11.8 Å². The van der Waals surface area contributed by atoms with E-state index in [2.05, 4.69) is 32.5 Å². The molecular weight excluding hydrogens is 391 g/mol. The van der Waals surface area contributed by atoms with Gasteiger partial charge in [0.15, 0.2) is 0 Å². The van der Waals surface area contributed by atoms with E-state index >= 15 is 0 Å². The summed E-state index contributed by atoms with van der Waals surface area (Å²) in [5.41, 5.74) is 8.36. The van der Waals surface area contributed by atoms with Crippen LogP contribution in [0.5, 0.6) is 0 Å². The predicted octanol–water partition coefficient (Wildman–Crippen LogP) is 3.77. The Morgan fingerprint density at radius 2 is 1.72 bits per heavy atom. The number of thioether (sulfide) groups is 1. The molecule has 4 N–H and O–H groups in total. The SMILES string of the molecule is CCc1ccc(NC(=O)CSCc2nc(N)nc(Nc3ccc(F)cc3)n2)cc1. The van der Waals surface area contributed by atoms with Crippen molar-refractivity contribution in [3.05, 3.63) is 65.7 Å². The minimum atomic E-state index is -0.331. The van der Waals surface area contributed by atoms with E-state index in [1.807, 2.05) is 24.3 Å². The first-order valence-corrected chi connectivity index (χ1v) is 10.2. The number of anilines is 4. The third-order valence-corrected chi connectivity index (χ3v) is 4.84. The Morgan fingerprint density at radius 1 is 1.03 bits per heavy atom. The number of nitrogen functional groups attached to an aromatic ring is 1. The molecule has 29 heavy (non-hydrogen) atoms. The number of hydrogen-bond donors (Lipinski definition) is 3. The summed E-state index contributed by atoms with van der Waals surface area (Å²) < 4.78 is 13.0. The molecule has 2 aromatic carbocycles. The number of amides is 1. The normalized spacial score (nSPS) is 10.6. The molecule has 0 fully saturated rings. The summed E-state index contributed by atoms with van der Waals surface area (Å²) in [5, 5.41) is 5.81. The highest BCUT2D eigenvalue weighted by atomic mass is 32.2. The fourth-order valence-electron chi connectivity index (χ4n) is 2.48. The van der Waals surface area contributed by atoms with Crippen molar-refractivity contribution >= 4 is 40.9 Å². The average Bonchev–Trinajstić information content (AvgIpc) is 2.70. The van der Waals surface area contributed by atoms with Crippen LogP contribution in [0, 0.1) is 5.82 Å². The van der Waals surface area contributed by atoms with E-state index < -0.39 is 0 Å². The van der Waals surface area contributed by atoms with Gasteiger partial charge in [0.05, 0.1) is 11.5 Å². The van der Waals surface area contributed by atoms with Crippen LogP contribution < -0.4 is 16.4 Å². The summed E-state index contributed by atoms with van der Waals surface area (Å²) in [6.07, 6.45) is 0.956. The number of nitrogens with one attached hydrogen (secondary N) is 2. The van der Waals surface area contributed by atoms with Crippen LogP contribution in [-0.2, 0) is 17.0 Å². The Bertz CT molecular complexity index is 966. The number of benzene rings is 2. The molecule has 0 aliphatic rings. The Hall–Kier alpha value is -3.20.